The summed E-state index contributed by atoms with van der Waals surface area (Å²) in [7, 11) is -3.88. The molecule has 0 aromatic heterocycles. The van der Waals surface area contributed by atoms with Gasteiger partial charge < -0.3 is 5.32 Å². The maximum atomic E-state index is 12.8. The number of amides is 1. The Morgan fingerprint density at radius 3 is 2.33 bits per heavy atom. The third-order valence-corrected chi connectivity index (χ3v) is 6.65. The van der Waals surface area contributed by atoms with Crippen LogP contribution in [0.15, 0.2) is 47.4 Å². The van der Waals surface area contributed by atoms with Gasteiger partial charge in [0.1, 0.15) is 4.90 Å². The summed E-state index contributed by atoms with van der Waals surface area (Å²) in [5, 5.41) is 2.87. The molecule has 0 atom stereocenters. The van der Waals surface area contributed by atoms with Crippen molar-refractivity contribution in [2.75, 3.05) is 10.0 Å². The van der Waals surface area contributed by atoms with Crippen LogP contribution in [-0.4, -0.2) is 14.3 Å². The fourth-order valence-corrected chi connectivity index (χ4v) is 4.75. The second kappa shape index (κ2) is 12.0. The number of hydrogen-bond donors (Lipinski definition) is 2. The Morgan fingerprint density at radius 1 is 0.933 bits per heavy atom. The molecular formula is C23H31ClN2O3S. The number of anilines is 2. The Hall–Kier alpha value is -2.05. The number of carbonyl (C=O) groups is 1. The summed E-state index contributed by atoms with van der Waals surface area (Å²) in [5.41, 5.74) is 1.81. The van der Waals surface area contributed by atoms with Gasteiger partial charge in [-0.3, -0.25) is 9.52 Å². The van der Waals surface area contributed by atoms with Crippen molar-refractivity contribution in [3.63, 3.8) is 0 Å². The number of rotatable bonds is 12. The minimum atomic E-state index is -3.88. The van der Waals surface area contributed by atoms with Crippen molar-refractivity contribution in [2.24, 2.45) is 0 Å². The van der Waals surface area contributed by atoms with Gasteiger partial charge in [0, 0.05) is 17.8 Å². The highest BCUT2D eigenvalue weighted by atomic mass is 35.5. The van der Waals surface area contributed by atoms with Gasteiger partial charge in [-0.25, -0.2) is 8.42 Å². The number of nitrogens with one attached hydrogen (secondary N) is 2. The van der Waals surface area contributed by atoms with Gasteiger partial charge in [0.25, 0.3) is 10.0 Å². The van der Waals surface area contributed by atoms with Crippen molar-refractivity contribution in [1.29, 1.82) is 0 Å². The molecule has 2 N–H and O–H groups in total. The molecule has 0 bridgehead atoms. The van der Waals surface area contributed by atoms with Gasteiger partial charge in [0.05, 0.1) is 5.02 Å². The standard InChI is InChI=1S/C23H31ClN2O3S/c1-3-4-5-6-7-8-9-13-23(27)25-19-14-15-21(24)22(17-19)30(28,29)26-20-12-10-11-18(2)16-20/h10-12,14-17,26H,3-9,13H2,1-2H3,(H,25,27). The zero-order valence-corrected chi connectivity index (χ0v) is 19.3. The average Bonchev–Trinajstić information content (AvgIpc) is 2.68. The Labute approximate surface area is 185 Å². The summed E-state index contributed by atoms with van der Waals surface area (Å²) in [6.07, 6.45) is 8.36. The third kappa shape index (κ3) is 8.00. The van der Waals surface area contributed by atoms with Gasteiger partial charge in [-0.2, -0.15) is 0 Å². The number of halogens is 1. The van der Waals surface area contributed by atoms with Crippen LogP contribution in [0.1, 0.15) is 63.9 Å². The predicted octanol–water partition coefficient (Wildman–Crippen LogP) is 6.53. The van der Waals surface area contributed by atoms with E-state index in [1.54, 1.807) is 24.3 Å². The third-order valence-electron chi connectivity index (χ3n) is 4.78. The topological polar surface area (TPSA) is 75.3 Å². The van der Waals surface area contributed by atoms with Crippen molar-refractivity contribution in [3.8, 4) is 0 Å². The molecule has 2 rings (SSSR count). The SMILES string of the molecule is CCCCCCCCCC(=O)Nc1ccc(Cl)c(S(=O)(=O)Nc2cccc(C)c2)c1. The highest BCUT2D eigenvalue weighted by Crippen LogP contribution is 2.27. The van der Waals surface area contributed by atoms with E-state index in [1.165, 1.54) is 37.8 Å². The smallest absolute Gasteiger partial charge is 0.263 e. The van der Waals surface area contributed by atoms with Crippen molar-refractivity contribution >= 4 is 38.9 Å². The van der Waals surface area contributed by atoms with E-state index >= 15 is 0 Å². The molecule has 0 fully saturated rings. The molecule has 2 aromatic rings. The summed E-state index contributed by atoms with van der Waals surface area (Å²) in [6.45, 7) is 4.07. The maximum absolute atomic E-state index is 12.8. The highest BCUT2D eigenvalue weighted by Gasteiger charge is 2.19. The van der Waals surface area contributed by atoms with Crippen LogP contribution in [0.4, 0.5) is 11.4 Å². The largest absolute Gasteiger partial charge is 0.326 e. The highest BCUT2D eigenvalue weighted by molar-refractivity contribution is 7.92. The number of sulfonamides is 1. The number of hydrogen-bond acceptors (Lipinski definition) is 3. The molecule has 0 unspecified atom stereocenters. The van der Waals surface area contributed by atoms with Crippen LogP contribution in [0.25, 0.3) is 0 Å². The van der Waals surface area contributed by atoms with E-state index in [-0.39, 0.29) is 15.8 Å². The summed E-state index contributed by atoms with van der Waals surface area (Å²) in [5.74, 6) is -0.124. The molecule has 1 amide bonds. The molecule has 30 heavy (non-hydrogen) atoms. The lowest BCUT2D eigenvalue weighted by atomic mass is 10.1. The molecule has 164 valence electrons. The Morgan fingerprint density at radius 2 is 1.63 bits per heavy atom. The first kappa shape index (κ1) is 24.2. The van der Waals surface area contributed by atoms with Gasteiger partial charge in [-0.15, -0.1) is 0 Å². The first-order valence-corrected chi connectivity index (χ1v) is 12.4. The molecule has 0 saturated heterocycles. The van der Waals surface area contributed by atoms with E-state index < -0.39 is 10.0 Å². The monoisotopic (exact) mass is 450 g/mol. The fourth-order valence-electron chi connectivity index (χ4n) is 3.17. The van der Waals surface area contributed by atoms with Crippen molar-refractivity contribution in [3.05, 3.63) is 53.1 Å². The Bertz CT molecular complexity index is 945. The van der Waals surface area contributed by atoms with E-state index in [0.717, 1.165) is 24.8 Å². The maximum Gasteiger partial charge on any atom is 0.263 e. The summed E-state index contributed by atoms with van der Waals surface area (Å²) < 4.78 is 28.1. The average molecular weight is 451 g/mol. The number of aryl methyl sites for hydroxylation is 1. The second-order valence-electron chi connectivity index (χ2n) is 7.54. The van der Waals surface area contributed by atoms with Crippen LogP contribution in [0.3, 0.4) is 0 Å². The lowest BCUT2D eigenvalue weighted by Crippen LogP contribution is -2.15. The van der Waals surface area contributed by atoms with Crippen molar-refractivity contribution < 1.29 is 13.2 Å². The Balaban J connectivity index is 1.95. The predicted molar refractivity (Wildman–Crippen MR) is 125 cm³/mol. The van der Waals surface area contributed by atoms with Crippen LogP contribution in [0, 0.1) is 6.92 Å². The second-order valence-corrected chi connectivity index (χ2v) is 9.60. The molecule has 7 heteroatoms. The van der Waals surface area contributed by atoms with Crippen molar-refractivity contribution in [1.82, 2.24) is 0 Å². The fraction of sp³-hybridized carbons (Fsp3) is 0.435. The lowest BCUT2D eigenvalue weighted by Gasteiger charge is -2.12. The van der Waals surface area contributed by atoms with E-state index in [1.807, 2.05) is 13.0 Å². The molecule has 0 aliphatic heterocycles. The van der Waals surface area contributed by atoms with E-state index in [0.29, 0.717) is 17.8 Å². The van der Waals surface area contributed by atoms with Crippen LogP contribution in [0.5, 0.6) is 0 Å². The van der Waals surface area contributed by atoms with Gasteiger partial charge in [0.15, 0.2) is 0 Å². The first-order valence-electron chi connectivity index (χ1n) is 10.5. The molecular weight excluding hydrogens is 420 g/mol. The van der Waals surface area contributed by atoms with Crippen LogP contribution < -0.4 is 10.0 Å². The zero-order valence-electron chi connectivity index (χ0n) is 17.7. The van der Waals surface area contributed by atoms with E-state index in [2.05, 4.69) is 17.0 Å². The quantitative estimate of drug-likeness (QED) is 0.361. The normalized spacial score (nSPS) is 11.3. The van der Waals surface area contributed by atoms with Gasteiger partial charge in [-0.1, -0.05) is 69.2 Å². The lowest BCUT2D eigenvalue weighted by molar-refractivity contribution is -0.116. The van der Waals surface area contributed by atoms with Gasteiger partial charge in [-0.05, 0) is 49.2 Å². The van der Waals surface area contributed by atoms with Gasteiger partial charge >= 0.3 is 0 Å². The Kier molecular flexibility index (Phi) is 9.66. The molecule has 0 aliphatic rings. The van der Waals surface area contributed by atoms with Crippen LogP contribution >= 0.6 is 11.6 Å². The minimum Gasteiger partial charge on any atom is -0.326 e. The molecule has 0 saturated carbocycles. The van der Waals surface area contributed by atoms with Crippen LogP contribution in [0.2, 0.25) is 5.02 Å². The van der Waals surface area contributed by atoms with E-state index in [4.69, 9.17) is 11.6 Å². The summed E-state index contributed by atoms with van der Waals surface area (Å²) in [6, 6.07) is 11.5. The van der Waals surface area contributed by atoms with Crippen molar-refractivity contribution in [2.45, 2.75) is 70.1 Å². The summed E-state index contributed by atoms with van der Waals surface area (Å²) in [4.78, 5) is 12.1. The van der Waals surface area contributed by atoms with Crippen LogP contribution in [-0.2, 0) is 14.8 Å². The number of carbonyl (C=O) groups excluding carboxylic acids is 1. The molecule has 0 spiro atoms. The van der Waals surface area contributed by atoms with E-state index in [9.17, 15) is 13.2 Å². The first-order chi connectivity index (χ1) is 14.3. The molecule has 5 nitrogen and oxygen atoms in total. The number of benzene rings is 2. The molecule has 0 aliphatic carbocycles. The minimum absolute atomic E-state index is 0.0700. The molecule has 2 aromatic carbocycles. The zero-order chi connectivity index (χ0) is 22.0. The van der Waals surface area contributed by atoms with Gasteiger partial charge in [0.2, 0.25) is 5.91 Å². The number of unbranched alkanes of at least 4 members (excludes halogenated alkanes) is 6. The molecule has 0 heterocycles. The molecule has 0 radical (unpaired) electrons. The summed E-state index contributed by atoms with van der Waals surface area (Å²) >= 11 is 6.14.